The van der Waals surface area contributed by atoms with E-state index in [9.17, 15) is 0 Å². The normalized spacial score (nSPS) is 18.7. The van der Waals surface area contributed by atoms with Gasteiger partial charge in [0.1, 0.15) is 6.04 Å². The summed E-state index contributed by atoms with van der Waals surface area (Å²) in [4.78, 5) is 0. The molecule has 0 N–H and O–H groups in total. The third-order valence-electron chi connectivity index (χ3n) is 5.46. The van der Waals surface area contributed by atoms with Crippen LogP contribution in [0.25, 0.3) is 10.8 Å². The first-order valence-electron chi connectivity index (χ1n) is 8.52. The number of halogens is 1. The molecule has 0 fully saturated rings. The monoisotopic (exact) mass is 429 g/mol. The lowest BCUT2D eigenvalue weighted by Gasteiger charge is -2.43. The molecule has 3 aromatic carbocycles. The molecule has 0 radical (unpaired) electrons. The molecule has 0 aliphatic carbocycles. The maximum absolute atomic E-state index is 2.38. The summed E-state index contributed by atoms with van der Waals surface area (Å²) < 4.78 is 1.07. The lowest BCUT2D eigenvalue weighted by atomic mass is 9.87. The minimum atomic E-state index is 0. The van der Waals surface area contributed by atoms with Crippen LogP contribution >= 0.6 is 0 Å². The Balaban J connectivity index is 0.00000169. The van der Waals surface area contributed by atoms with Crippen molar-refractivity contribution in [1.29, 1.82) is 0 Å². The molecule has 0 bridgehead atoms. The maximum atomic E-state index is 2.38. The summed E-state index contributed by atoms with van der Waals surface area (Å²) in [5.41, 5.74) is 4.52. The van der Waals surface area contributed by atoms with Gasteiger partial charge in [0.15, 0.2) is 0 Å². The van der Waals surface area contributed by atoms with Crippen molar-refractivity contribution in [2.45, 2.75) is 18.9 Å². The molecule has 2 heteroatoms. The van der Waals surface area contributed by atoms with E-state index in [0.29, 0.717) is 6.04 Å². The van der Waals surface area contributed by atoms with Crippen molar-refractivity contribution >= 4 is 10.8 Å². The molecule has 0 aromatic heterocycles. The van der Waals surface area contributed by atoms with Crippen molar-refractivity contribution in [2.75, 3.05) is 20.6 Å². The van der Waals surface area contributed by atoms with Gasteiger partial charge in [0, 0.05) is 18.4 Å². The molecule has 3 aromatic rings. The van der Waals surface area contributed by atoms with Gasteiger partial charge in [-0.2, -0.15) is 0 Å². The zero-order valence-electron chi connectivity index (χ0n) is 14.4. The summed E-state index contributed by atoms with van der Waals surface area (Å²) >= 11 is 0. The van der Waals surface area contributed by atoms with Crippen molar-refractivity contribution in [3.63, 3.8) is 0 Å². The fraction of sp³-hybridized carbons (Fsp3) is 0.273. The smallest absolute Gasteiger partial charge is 0.119 e. The number of benzene rings is 3. The standard InChI is InChI=1S/C22H24N.HI/c1-23(2)14-13-19-8-5-6-10-21(19)22(23)16-17-11-12-18-7-3-4-9-20(18)15-17;/h3-12,15,22H,13-14,16H2,1-2H3;1H/q+1;/p-1. The van der Waals surface area contributed by atoms with E-state index in [-0.39, 0.29) is 24.0 Å². The van der Waals surface area contributed by atoms with Gasteiger partial charge in [-0.1, -0.05) is 66.7 Å². The largest absolute Gasteiger partial charge is 1.00 e. The van der Waals surface area contributed by atoms with Crippen molar-refractivity contribution in [3.8, 4) is 0 Å². The highest BCUT2D eigenvalue weighted by Crippen LogP contribution is 2.36. The molecule has 1 heterocycles. The van der Waals surface area contributed by atoms with Crippen molar-refractivity contribution in [2.24, 2.45) is 0 Å². The minimum absolute atomic E-state index is 0. The first kappa shape index (κ1) is 17.4. The molecule has 1 atom stereocenters. The minimum Gasteiger partial charge on any atom is -1.00 e. The van der Waals surface area contributed by atoms with Crippen molar-refractivity contribution in [1.82, 2.24) is 0 Å². The zero-order valence-corrected chi connectivity index (χ0v) is 16.5. The lowest BCUT2D eigenvalue weighted by Crippen LogP contribution is -3.00. The molecule has 1 nitrogen and oxygen atoms in total. The van der Waals surface area contributed by atoms with E-state index in [1.807, 2.05) is 0 Å². The fourth-order valence-electron chi connectivity index (χ4n) is 3.97. The van der Waals surface area contributed by atoms with Gasteiger partial charge in [-0.3, -0.25) is 0 Å². The highest BCUT2D eigenvalue weighted by atomic mass is 127. The van der Waals surface area contributed by atoms with Crippen LogP contribution in [-0.4, -0.2) is 25.1 Å². The van der Waals surface area contributed by atoms with Gasteiger partial charge in [-0.05, 0) is 21.9 Å². The van der Waals surface area contributed by atoms with Crippen LogP contribution in [0.1, 0.15) is 22.7 Å². The predicted octanol–water partition coefficient (Wildman–Crippen LogP) is 1.76. The van der Waals surface area contributed by atoms with E-state index in [2.05, 4.69) is 80.8 Å². The number of likely N-dealkylation sites (N-methyl/N-ethyl adjacent to an activating group) is 1. The molecule has 1 unspecified atom stereocenters. The lowest BCUT2D eigenvalue weighted by molar-refractivity contribution is -0.923. The van der Waals surface area contributed by atoms with Gasteiger partial charge >= 0.3 is 0 Å². The summed E-state index contributed by atoms with van der Waals surface area (Å²) in [6.45, 7) is 1.22. The molecule has 1 aliphatic rings. The first-order chi connectivity index (χ1) is 11.1. The Morgan fingerprint density at radius 1 is 0.875 bits per heavy atom. The number of rotatable bonds is 2. The topological polar surface area (TPSA) is 0 Å². The van der Waals surface area contributed by atoms with Crippen molar-refractivity contribution in [3.05, 3.63) is 83.4 Å². The number of quaternary nitrogens is 1. The number of hydrogen-bond acceptors (Lipinski definition) is 0. The molecular weight excluding hydrogens is 405 g/mol. The summed E-state index contributed by atoms with van der Waals surface area (Å²) in [7, 11) is 4.75. The van der Waals surface area contributed by atoms with E-state index in [1.54, 1.807) is 0 Å². The van der Waals surface area contributed by atoms with Gasteiger partial charge in [0.05, 0.1) is 20.6 Å². The van der Waals surface area contributed by atoms with E-state index >= 15 is 0 Å². The highest BCUT2D eigenvalue weighted by molar-refractivity contribution is 5.83. The van der Waals surface area contributed by atoms with Crippen LogP contribution in [0.2, 0.25) is 0 Å². The molecule has 0 amide bonds. The Morgan fingerprint density at radius 2 is 1.58 bits per heavy atom. The van der Waals surface area contributed by atoms with Gasteiger partial charge in [-0.25, -0.2) is 0 Å². The van der Waals surface area contributed by atoms with Crippen LogP contribution in [0.15, 0.2) is 66.7 Å². The Bertz CT molecular complexity index is 853. The average molecular weight is 429 g/mol. The summed E-state index contributed by atoms with van der Waals surface area (Å²) in [5, 5.41) is 2.67. The second-order valence-electron chi connectivity index (χ2n) is 7.35. The fourth-order valence-corrected chi connectivity index (χ4v) is 3.97. The molecule has 0 saturated heterocycles. The Hall–Kier alpha value is -1.39. The average Bonchev–Trinajstić information content (AvgIpc) is 2.57. The second kappa shape index (κ2) is 6.85. The quantitative estimate of drug-likeness (QED) is 0.431. The molecule has 4 rings (SSSR count). The Labute approximate surface area is 161 Å². The number of fused-ring (bicyclic) bond motifs is 2. The predicted molar refractivity (Wildman–Crippen MR) is 97.5 cm³/mol. The summed E-state index contributed by atoms with van der Waals surface area (Å²) in [5.74, 6) is 0. The maximum Gasteiger partial charge on any atom is 0.119 e. The van der Waals surface area contributed by atoms with Crippen LogP contribution in [0.5, 0.6) is 0 Å². The van der Waals surface area contributed by atoms with Crippen molar-refractivity contribution < 1.29 is 28.5 Å². The van der Waals surface area contributed by atoms with E-state index in [4.69, 9.17) is 0 Å². The summed E-state index contributed by atoms with van der Waals surface area (Å²) in [6.07, 6.45) is 2.30. The molecule has 24 heavy (non-hydrogen) atoms. The van der Waals surface area contributed by atoms with Gasteiger partial charge in [0.25, 0.3) is 0 Å². The number of nitrogens with zero attached hydrogens (tertiary/aromatic N) is 1. The van der Waals surface area contributed by atoms with E-state index < -0.39 is 0 Å². The van der Waals surface area contributed by atoms with Crippen LogP contribution in [-0.2, 0) is 12.8 Å². The third-order valence-corrected chi connectivity index (χ3v) is 5.46. The Kier molecular flexibility index (Phi) is 4.97. The highest BCUT2D eigenvalue weighted by Gasteiger charge is 2.35. The van der Waals surface area contributed by atoms with E-state index in [0.717, 1.165) is 10.9 Å². The molecule has 0 saturated carbocycles. The second-order valence-corrected chi connectivity index (χ2v) is 7.35. The van der Waals surface area contributed by atoms with Crippen LogP contribution < -0.4 is 24.0 Å². The first-order valence-corrected chi connectivity index (χ1v) is 8.52. The third kappa shape index (κ3) is 3.22. The van der Waals surface area contributed by atoms with Crippen LogP contribution in [0.4, 0.5) is 0 Å². The summed E-state index contributed by atoms with van der Waals surface area (Å²) in [6, 6.07) is 25.1. The Morgan fingerprint density at radius 3 is 2.42 bits per heavy atom. The van der Waals surface area contributed by atoms with Gasteiger partial charge < -0.3 is 28.5 Å². The van der Waals surface area contributed by atoms with Crippen LogP contribution in [0.3, 0.4) is 0 Å². The number of hydrogen-bond donors (Lipinski definition) is 0. The molecule has 124 valence electrons. The van der Waals surface area contributed by atoms with E-state index in [1.165, 1.54) is 40.4 Å². The molecule has 1 aliphatic heterocycles. The van der Waals surface area contributed by atoms with Gasteiger partial charge in [0.2, 0.25) is 0 Å². The molecular formula is C22H24IN. The zero-order chi connectivity index (χ0) is 15.9. The SMILES string of the molecule is C[N+]1(C)CCc2ccccc2C1Cc1ccc2ccccc2c1.[I-]. The van der Waals surface area contributed by atoms with Crippen LogP contribution in [0, 0.1) is 0 Å². The van der Waals surface area contributed by atoms with Gasteiger partial charge in [-0.15, -0.1) is 0 Å². The molecule has 0 spiro atoms.